The smallest absolute Gasteiger partial charge is 0.324 e. The van der Waals surface area contributed by atoms with Crippen molar-refractivity contribution in [2.75, 3.05) is 6.16 Å². The van der Waals surface area contributed by atoms with Gasteiger partial charge in [-0.2, -0.15) is 5.26 Å². The molecule has 0 spiro atoms. The first-order chi connectivity index (χ1) is 12.0. The van der Waals surface area contributed by atoms with Crippen LogP contribution in [-0.4, -0.2) is 15.9 Å². The highest BCUT2D eigenvalue weighted by Crippen LogP contribution is 2.47. The SMILES string of the molecule is N#CC(c1ccc(F)cc1)C(CP(=O)(O)O)c1c(F)c(F)cc(Cl)c1F. The third kappa shape index (κ3) is 4.43. The summed E-state index contributed by atoms with van der Waals surface area (Å²) >= 11 is 5.51. The summed E-state index contributed by atoms with van der Waals surface area (Å²) < 4.78 is 66.9. The molecule has 138 valence electrons. The highest BCUT2D eigenvalue weighted by Gasteiger charge is 2.36. The quantitative estimate of drug-likeness (QED) is 0.435. The van der Waals surface area contributed by atoms with Gasteiger partial charge >= 0.3 is 7.60 Å². The average Bonchev–Trinajstić information content (AvgIpc) is 2.54. The molecular formula is C16H11ClF4NO3P. The molecule has 0 aliphatic carbocycles. The van der Waals surface area contributed by atoms with Crippen molar-refractivity contribution in [2.24, 2.45) is 0 Å². The molecule has 10 heteroatoms. The fraction of sp³-hybridized carbons (Fsp3) is 0.188. The van der Waals surface area contributed by atoms with Gasteiger partial charge in [-0.05, 0) is 23.8 Å². The third-order valence-corrected chi connectivity index (χ3v) is 4.87. The Hall–Kier alpha value is -1.91. The maximum Gasteiger partial charge on any atom is 0.326 e. The Morgan fingerprint density at radius 2 is 1.69 bits per heavy atom. The van der Waals surface area contributed by atoms with Crippen LogP contribution in [-0.2, 0) is 4.57 Å². The summed E-state index contributed by atoms with van der Waals surface area (Å²) in [6, 6.07) is 6.27. The minimum atomic E-state index is -4.88. The first-order valence-electron chi connectivity index (χ1n) is 7.07. The molecule has 0 aromatic heterocycles. The van der Waals surface area contributed by atoms with Crippen molar-refractivity contribution in [2.45, 2.75) is 11.8 Å². The van der Waals surface area contributed by atoms with E-state index in [1.165, 1.54) is 0 Å². The summed E-state index contributed by atoms with van der Waals surface area (Å²) in [6.45, 7) is 0. The zero-order valence-corrected chi connectivity index (χ0v) is 14.5. The first-order valence-corrected chi connectivity index (χ1v) is 9.25. The molecule has 2 aromatic rings. The molecule has 4 nitrogen and oxygen atoms in total. The van der Waals surface area contributed by atoms with E-state index in [-0.39, 0.29) is 5.56 Å². The van der Waals surface area contributed by atoms with Gasteiger partial charge in [0.2, 0.25) is 0 Å². The van der Waals surface area contributed by atoms with Crippen LogP contribution in [0, 0.1) is 34.6 Å². The average molecular weight is 408 g/mol. The van der Waals surface area contributed by atoms with E-state index in [4.69, 9.17) is 11.6 Å². The molecule has 0 fully saturated rings. The van der Waals surface area contributed by atoms with Gasteiger partial charge in [0.05, 0.1) is 23.2 Å². The number of hydrogen-bond acceptors (Lipinski definition) is 2. The molecule has 2 unspecified atom stereocenters. The predicted molar refractivity (Wildman–Crippen MR) is 85.7 cm³/mol. The molecule has 2 atom stereocenters. The van der Waals surface area contributed by atoms with E-state index >= 15 is 0 Å². The van der Waals surface area contributed by atoms with Crippen LogP contribution >= 0.6 is 19.2 Å². The van der Waals surface area contributed by atoms with Crippen molar-refractivity contribution in [3.8, 4) is 6.07 Å². The highest BCUT2D eigenvalue weighted by molar-refractivity contribution is 7.51. The van der Waals surface area contributed by atoms with Crippen LogP contribution in [0.15, 0.2) is 30.3 Å². The number of hydrogen-bond donors (Lipinski definition) is 2. The molecule has 2 aromatic carbocycles. The van der Waals surface area contributed by atoms with E-state index < -0.39 is 59.4 Å². The van der Waals surface area contributed by atoms with Gasteiger partial charge in [0.1, 0.15) is 11.6 Å². The van der Waals surface area contributed by atoms with E-state index in [9.17, 15) is 37.2 Å². The normalized spacial score (nSPS) is 13.9. The van der Waals surface area contributed by atoms with Gasteiger partial charge in [-0.1, -0.05) is 23.7 Å². The summed E-state index contributed by atoms with van der Waals surface area (Å²) in [6.07, 6.45) is -1.14. The highest BCUT2D eigenvalue weighted by atomic mass is 35.5. The fourth-order valence-electron chi connectivity index (χ4n) is 2.60. The minimum absolute atomic E-state index is 0.0477. The Morgan fingerprint density at radius 3 is 2.19 bits per heavy atom. The van der Waals surface area contributed by atoms with Gasteiger partial charge in [0.15, 0.2) is 11.6 Å². The van der Waals surface area contributed by atoms with Gasteiger partial charge < -0.3 is 9.79 Å². The maximum atomic E-state index is 14.4. The van der Waals surface area contributed by atoms with Crippen LogP contribution in [0.5, 0.6) is 0 Å². The second-order valence-electron chi connectivity index (χ2n) is 5.49. The summed E-state index contributed by atoms with van der Waals surface area (Å²) in [7, 11) is -4.88. The Kier molecular flexibility index (Phi) is 6.09. The van der Waals surface area contributed by atoms with Crippen LogP contribution in [0.1, 0.15) is 23.0 Å². The standard InChI is InChI=1S/C16H11ClF4NO3P/c17-12-5-13(19)16(21)14(15(12)20)11(7-26(23,24)25)10(6-22)8-1-3-9(18)4-2-8/h1-5,10-11H,7H2,(H2,23,24,25). The van der Waals surface area contributed by atoms with Gasteiger partial charge in [0, 0.05) is 11.5 Å². The molecule has 0 saturated carbocycles. The molecule has 0 saturated heterocycles. The molecule has 2 rings (SSSR count). The van der Waals surface area contributed by atoms with Crippen LogP contribution in [0.2, 0.25) is 5.02 Å². The molecule has 2 N–H and O–H groups in total. The number of nitrogens with zero attached hydrogens (tertiary/aromatic N) is 1. The van der Waals surface area contributed by atoms with Crippen LogP contribution < -0.4 is 0 Å². The van der Waals surface area contributed by atoms with Crippen LogP contribution in [0.4, 0.5) is 17.6 Å². The minimum Gasteiger partial charge on any atom is -0.324 e. The van der Waals surface area contributed by atoms with Crippen molar-refractivity contribution in [3.05, 3.63) is 69.8 Å². The zero-order valence-electron chi connectivity index (χ0n) is 12.8. The summed E-state index contributed by atoms with van der Waals surface area (Å²) in [5.74, 6) is -8.57. The van der Waals surface area contributed by atoms with Crippen molar-refractivity contribution in [1.29, 1.82) is 5.26 Å². The Morgan fingerprint density at radius 1 is 1.12 bits per heavy atom. The lowest BCUT2D eigenvalue weighted by Crippen LogP contribution is -2.18. The van der Waals surface area contributed by atoms with Gasteiger partial charge in [-0.25, -0.2) is 17.6 Å². The molecule has 0 radical (unpaired) electrons. The summed E-state index contributed by atoms with van der Waals surface area (Å²) in [5, 5.41) is 8.63. The second-order valence-corrected chi connectivity index (χ2v) is 7.60. The summed E-state index contributed by atoms with van der Waals surface area (Å²) in [4.78, 5) is 18.6. The van der Waals surface area contributed by atoms with Crippen molar-refractivity contribution in [3.63, 3.8) is 0 Å². The number of halogens is 5. The molecule has 0 amide bonds. The van der Waals surface area contributed by atoms with Crippen molar-refractivity contribution < 1.29 is 31.9 Å². The summed E-state index contributed by atoms with van der Waals surface area (Å²) in [5.41, 5.74) is -0.999. The Balaban J connectivity index is 2.70. The third-order valence-electron chi connectivity index (χ3n) is 3.72. The lowest BCUT2D eigenvalue weighted by Gasteiger charge is -2.24. The topological polar surface area (TPSA) is 81.3 Å². The van der Waals surface area contributed by atoms with E-state index in [2.05, 4.69) is 0 Å². The number of benzene rings is 2. The van der Waals surface area contributed by atoms with E-state index in [1.807, 2.05) is 0 Å². The van der Waals surface area contributed by atoms with Crippen LogP contribution in [0.25, 0.3) is 0 Å². The van der Waals surface area contributed by atoms with E-state index in [0.29, 0.717) is 6.07 Å². The molecular weight excluding hydrogens is 397 g/mol. The van der Waals surface area contributed by atoms with Gasteiger partial charge in [-0.3, -0.25) is 4.57 Å². The van der Waals surface area contributed by atoms with E-state index in [0.717, 1.165) is 24.3 Å². The molecule has 26 heavy (non-hydrogen) atoms. The van der Waals surface area contributed by atoms with Gasteiger partial charge in [0.25, 0.3) is 0 Å². The molecule has 0 bridgehead atoms. The van der Waals surface area contributed by atoms with Crippen molar-refractivity contribution >= 4 is 19.2 Å². The zero-order chi connectivity index (χ0) is 19.6. The van der Waals surface area contributed by atoms with E-state index in [1.54, 1.807) is 6.07 Å². The fourth-order valence-corrected chi connectivity index (χ4v) is 3.71. The largest absolute Gasteiger partial charge is 0.326 e. The predicted octanol–water partition coefficient (Wildman–Crippen LogP) is 4.47. The number of nitriles is 1. The van der Waals surface area contributed by atoms with Crippen LogP contribution in [0.3, 0.4) is 0 Å². The second kappa shape index (κ2) is 7.77. The first kappa shape index (κ1) is 20.4. The lowest BCUT2D eigenvalue weighted by molar-refractivity contribution is 0.364. The Labute approximate surface area is 150 Å². The monoisotopic (exact) mass is 407 g/mol. The molecule has 0 aliphatic heterocycles. The molecule has 0 heterocycles. The molecule has 0 aliphatic rings. The van der Waals surface area contributed by atoms with Crippen molar-refractivity contribution in [1.82, 2.24) is 0 Å². The maximum absolute atomic E-state index is 14.4. The Bertz CT molecular complexity index is 885. The number of rotatable bonds is 5. The lowest BCUT2D eigenvalue weighted by atomic mass is 9.83. The van der Waals surface area contributed by atoms with Gasteiger partial charge in [-0.15, -0.1) is 0 Å².